The fraction of sp³-hybridized carbons (Fsp3) is 0.375. The smallest absolute Gasteiger partial charge is 0.0380 e. The van der Waals surface area contributed by atoms with Gasteiger partial charge in [0.15, 0.2) is 0 Å². The van der Waals surface area contributed by atoms with Crippen molar-refractivity contribution in [3.05, 3.63) is 29.6 Å². The first-order chi connectivity index (χ1) is 4.88. The molecule has 1 aliphatic carbocycles. The van der Waals surface area contributed by atoms with Crippen LogP contribution in [0, 0.1) is 0 Å². The minimum Gasteiger partial charge on any atom is -0.264 e. The molecule has 0 amide bonds. The molecule has 1 heterocycles. The highest BCUT2D eigenvalue weighted by Gasteiger charge is 2.18. The Kier molecular flexibility index (Phi) is 1.64. The van der Waals surface area contributed by atoms with Crippen molar-refractivity contribution in [2.75, 3.05) is 0 Å². The van der Waals surface area contributed by atoms with Crippen LogP contribution in [0.1, 0.15) is 21.5 Å². The molecule has 0 spiro atoms. The normalized spacial score (nSPS) is 22.7. The second kappa shape index (κ2) is 2.49. The Labute approximate surface area is 74.0 Å². The molecular formula is C8H8IN. The van der Waals surface area contributed by atoms with Gasteiger partial charge in [0, 0.05) is 16.3 Å². The van der Waals surface area contributed by atoms with Gasteiger partial charge in [-0.2, -0.15) is 0 Å². The number of hydrogen-bond acceptors (Lipinski definition) is 1. The average Bonchev–Trinajstić information content (AvgIpc) is 2.34. The van der Waals surface area contributed by atoms with Gasteiger partial charge in [0.1, 0.15) is 0 Å². The lowest BCUT2D eigenvalue weighted by Gasteiger charge is -1.98. The van der Waals surface area contributed by atoms with Crippen LogP contribution in [0.5, 0.6) is 0 Å². The van der Waals surface area contributed by atoms with Gasteiger partial charge in [-0.3, -0.25) is 4.98 Å². The quantitative estimate of drug-likeness (QED) is 0.505. The van der Waals surface area contributed by atoms with Crippen LogP contribution in [0.25, 0.3) is 0 Å². The predicted molar refractivity (Wildman–Crippen MR) is 49.3 cm³/mol. The van der Waals surface area contributed by atoms with E-state index in [-0.39, 0.29) is 0 Å². The Morgan fingerprint density at radius 2 is 2.50 bits per heavy atom. The van der Waals surface area contributed by atoms with Crippen LogP contribution in [0.4, 0.5) is 0 Å². The van der Waals surface area contributed by atoms with Crippen molar-refractivity contribution in [2.24, 2.45) is 0 Å². The summed E-state index contributed by atoms with van der Waals surface area (Å²) in [6, 6.07) is 2.13. The number of hydrogen-bond donors (Lipinski definition) is 0. The molecular weight excluding hydrogens is 237 g/mol. The van der Waals surface area contributed by atoms with Gasteiger partial charge < -0.3 is 0 Å². The van der Waals surface area contributed by atoms with Gasteiger partial charge in [-0.15, -0.1) is 0 Å². The van der Waals surface area contributed by atoms with E-state index in [1.807, 2.05) is 12.4 Å². The van der Waals surface area contributed by atoms with E-state index < -0.39 is 0 Å². The monoisotopic (exact) mass is 245 g/mol. The molecule has 1 unspecified atom stereocenters. The van der Waals surface area contributed by atoms with Crippen molar-refractivity contribution in [3.8, 4) is 0 Å². The maximum Gasteiger partial charge on any atom is 0.0380 e. The van der Waals surface area contributed by atoms with E-state index in [2.05, 4.69) is 33.6 Å². The third-order valence-electron chi connectivity index (χ3n) is 1.95. The van der Waals surface area contributed by atoms with Gasteiger partial charge in [0.2, 0.25) is 0 Å². The van der Waals surface area contributed by atoms with Crippen molar-refractivity contribution < 1.29 is 0 Å². The van der Waals surface area contributed by atoms with Crippen molar-refractivity contribution >= 4 is 22.6 Å². The highest BCUT2D eigenvalue weighted by atomic mass is 127. The molecule has 10 heavy (non-hydrogen) atoms. The maximum atomic E-state index is 4.10. The van der Waals surface area contributed by atoms with Crippen LogP contribution in [-0.2, 0) is 6.42 Å². The lowest BCUT2D eigenvalue weighted by molar-refractivity contribution is 0.915. The number of halogens is 1. The van der Waals surface area contributed by atoms with Crippen LogP contribution in [0.2, 0.25) is 0 Å². The average molecular weight is 245 g/mol. The highest BCUT2D eigenvalue weighted by molar-refractivity contribution is 14.1. The second-order valence-electron chi connectivity index (χ2n) is 2.58. The minimum atomic E-state index is 0.710. The SMILES string of the molecule is IC1CCc2ccncc21. The lowest BCUT2D eigenvalue weighted by atomic mass is 10.2. The van der Waals surface area contributed by atoms with Crippen LogP contribution in [-0.4, -0.2) is 4.98 Å². The molecule has 0 radical (unpaired) electrons. The molecule has 1 aromatic heterocycles. The third-order valence-corrected chi connectivity index (χ3v) is 3.24. The number of alkyl halides is 1. The van der Waals surface area contributed by atoms with E-state index in [9.17, 15) is 0 Å². The molecule has 1 nitrogen and oxygen atoms in total. The number of rotatable bonds is 0. The number of aromatic nitrogens is 1. The molecule has 0 fully saturated rings. The molecule has 1 aromatic rings. The molecule has 1 atom stereocenters. The maximum absolute atomic E-state index is 4.10. The van der Waals surface area contributed by atoms with Crippen LogP contribution < -0.4 is 0 Å². The first kappa shape index (κ1) is 6.58. The Morgan fingerprint density at radius 3 is 3.30 bits per heavy atom. The van der Waals surface area contributed by atoms with Gasteiger partial charge in [0.05, 0.1) is 0 Å². The molecule has 0 saturated heterocycles. The summed E-state index contributed by atoms with van der Waals surface area (Å²) in [5, 5.41) is 0. The Bertz CT molecular complexity index is 247. The summed E-state index contributed by atoms with van der Waals surface area (Å²) < 4.78 is 0.710. The van der Waals surface area contributed by atoms with Gasteiger partial charge in [0.25, 0.3) is 0 Å². The molecule has 1 aliphatic rings. The zero-order chi connectivity index (χ0) is 6.97. The largest absolute Gasteiger partial charge is 0.264 e. The Morgan fingerprint density at radius 1 is 1.60 bits per heavy atom. The van der Waals surface area contributed by atoms with Gasteiger partial charge >= 0.3 is 0 Å². The zero-order valence-corrected chi connectivity index (χ0v) is 7.71. The zero-order valence-electron chi connectivity index (χ0n) is 5.55. The molecule has 2 rings (SSSR count). The van der Waals surface area contributed by atoms with E-state index in [1.165, 1.54) is 24.0 Å². The second-order valence-corrected chi connectivity index (χ2v) is 4.08. The summed E-state index contributed by atoms with van der Waals surface area (Å²) in [7, 11) is 0. The van der Waals surface area contributed by atoms with Crippen molar-refractivity contribution in [1.29, 1.82) is 0 Å². The van der Waals surface area contributed by atoms with Crippen molar-refractivity contribution in [1.82, 2.24) is 4.98 Å². The molecule has 0 aliphatic heterocycles. The predicted octanol–water partition coefficient (Wildman–Crippen LogP) is 2.50. The standard InChI is InChI=1S/C8H8IN/c9-8-2-1-6-3-4-10-5-7(6)8/h3-5,8H,1-2H2. The number of nitrogens with zero attached hydrogens (tertiary/aromatic N) is 1. The molecule has 0 aromatic carbocycles. The van der Waals surface area contributed by atoms with Crippen LogP contribution in [0.15, 0.2) is 18.5 Å². The Hall–Kier alpha value is -0.120. The highest BCUT2D eigenvalue weighted by Crippen LogP contribution is 2.36. The fourth-order valence-corrected chi connectivity index (χ4v) is 2.26. The molecule has 0 N–H and O–H groups in total. The van der Waals surface area contributed by atoms with Crippen LogP contribution in [0.3, 0.4) is 0 Å². The topological polar surface area (TPSA) is 12.9 Å². The summed E-state index contributed by atoms with van der Waals surface area (Å²) >= 11 is 2.48. The van der Waals surface area contributed by atoms with E-state index in [0.717, 1.165) is 0 Å². The van der Waals surface area contributed by atoms with E-state index in [4.69, 9.17) is 0 Å². The number of pyridine rings is 1. The van der Waals surface area contributed by atoms with E-state index >= 15 is 0 Å². The minimum absolute atomic E-state index is 0.710. The van der Waals surface area contributed by atoms with E-state index in [0.29, 0.717) is 3.92 Å². The summed E-state index contributed by atoms with van der Waals surface area (Å²) in [6.45, 7) is 0. The molecule has 0 saturated carbocycles. The Balaban J connectivity index is 2.51. The molecule has 2 heteroatoms. The lowest BCUT2D eigenvalue weighted by Crippen LogP contribution is -1.83. The first-order valence-corrected chi connectivity index (χ1v) is 4.69. The summed E-state index contributed by atoms with van der Waals surface area (Å²) in [4.78, 5) is 4.10. The van der Waals surface area contributed by atoms with Gasteiger partial charge in [-0.05, 0) is 30.0 Å². The van der Waals surface area contributed by atoms with E-state index in [1.54, 1.807) is 0 Å². The first-order valence-electron chi connectivity index (χ1n) is 3.45. The number of aryl methyl sites for hydroxylation is 1. The summed E-state index contributed by atoms with van der Waals surface area (Å²) in [5.74, 6) is 0. The number of fused-ring (bicyclic) bond motifs is 1. The van der Waals surface area contributed by atoms with Gasteiger partial charge in [-0.25, -0.2) is 0 Å². The van der Waals surface area contributed by atoms with Crippen molar-refractivity contribution in [3.63, 3.8) is 0 Å². The van der Waals surface area contributed by atoms with Gasteiger partial charge in [-0.1, -0.05) is 22.6 Å². The fourth-order valence-electron chi connectivity index (χ4n) is 1.38. The summed E-state index contributed by atoms with van der Waals surface area (Å²) in [5.41, 5.74) is 2.94. The summed E-state index contributed by atoms with van der Waals surface area (Å²) in [6.07, 6.45) is 6.42. The molecule has 0 bridgehead atoms. The van der Waals surface area contributed by atoms with Crippen molar-refractivity contribution in [2.45, 2.75) is 16.8 Å². The molecule has 52 valence electrons. The third kappa shape index (κ3) is 0.944. The van der Waals surface area contributed by atoms with Crippen LogP contribution >= 0.6 is 22.6 Å².